The second-order valence-corrected chi connectivity index (χ2v) is 8.26. The van der Waals surface area contributed by atoms with Crippen LogP contribution in [0.1, 0.15) is 36.5 Å². The minimum Gasteiger partial charge on any atom is -0.483 e. The zero-order valence-corrected chi connectivity index (χ0v) is 19.2. The van der Waals surface area contributed by atoms with Crippen molar-refractivity contribution >= 4 is 39.9 Å². The molecule has 32 heavy (non-hydrogen) atoms. The van der Waals surface area contributed by atoms with Crippen LogP contribution in [-0.2, 0) is 16.0 Å². The molecule has 0 saturated carbocycles. The Bertz CT molecular complexity index is 1140. The predicted molar refractivity (Wildman–Crippen MR) is 130 cm³/mol. The third kappa shape index (κ3) is 6.28. The van der Waals surface area contributed by atoms with Crippen molar-refractivity contribution in [2.75, 3.05) is 6.61 Å². The number of benzene rings is 3. The van der Waals surface area contributed by atoms with Gasteiger partial charge in [0, 0.05) is 0 Å². The monoisotopic (exact) mass is 449 g/mol. The molecule has 0 fully saturated rings. The average Bonchev–Trinajstić information content (AvgIpc) is 2.76. The van der Waals surface area contributed by atoms with Gasteiger partial charge in [-0.2, -0.15) is 0 Å². The Morgan fingerprint density at radius 3 is 2.50 bits per heavy atom. The largest absolute Gasteiger partial charge is 0.483 e. The topological polar surface area (TPSA) is 79.5 Å². The second kappa shape index (κ2) is 10.7. The van der Waals surface area contributed by atoms with Gasteiger partial charge in [-0.05, 0) is 58.6 Å². The van der Waals surface area contributed by atoms with Gasteiger partial charge >= 0.3 is 0 Å². The summed E-state index contributed by atoms with van der Waals surface area (Å²) in [5, 5.41) is 4.68. The van der Waals surface area contributed by atoms with Crippen LogP contribution in [0.4, 0.5) is 0 Å². The Kier molecular flexibility index (Phi) is 7.78. The first-order valence-electron chi connectivity index (χ1n) is 10.4. The highest BCUT2D eigenvalue weighted by Crippen LogP contribution is 2.27. The first-order valence-corrected chi connectivity index (χ1v) is 10.8. The van der Waals surface area contributed by atoms with Gasteiger partial charge in [0.2, 0.25) is 5.91 Å². The zero-order chi connectivity index (χ0) is 23.1. The number of nitrogens with one attached hydrogen (secondary N) is 3. The summed E-state index contributed by atoms with van der Waals surface area (Å²) in [6.45, 7) is 5.93. The summed E-state index contributed by atoms with van der Waals surface area (Å²) in [6.07, 6.45) is 0.172. The van der Waals surface area contributed by atoms with Crippen LogP contribution in [0.5, 0.6) is 5.75 Å². The van der Waals surface area contributed by atoms with Gasteiger partial charge < -0.3 is 10.1 Å². The molecule has 0 saturated heterocycles. The average molecular weight is 450 g/mol. The number of rotatable bonds is 6. The summed E-state index contributed by atoms with van der Waals surface area (Å²) < 4.78 is 5.69. The molecule has 2 amide bonds. The number of hydrogen-bond donors (Lipinski definition) is 3. The van der Waals surface area contributed by atoms with Crippen LogP contribution in [0.25, 0.3) is 10.8 Å². The highest BCUT2D eigenvalue weighted by atomic mass is 32.1. The van der Waals surface area contributed by atoms with Crippen molar-refractivity contribution in [2.24, 2.45) is 0 Å². The number of hydrazine groups is 1. The van der Waals surface area contributed by atoms with Gasteiger partial charge in [-0.3, -0.25) is 20.4 Å². The smallest absolute Gasteiger partial charge is 0.276 e. The number of carbonyl (C=O) groups excluding carboxylic acids is 2. The molecular formula is C25H27N3O3S. The molecule has 0 aliphatic rings. The van der Waals surface area contributed by atoms with E-state index in [0.717, 1.165) is 27.5 Å². The Labute approximate surface area is 193 Å². The molecule has 0 aromatic heterocycles. The van der Waals surface area contributed by atoms with Crippen LogP contribution in [0.15, 0.2) is 60.7 Å². The summed E-state index contributed by atoms with van der Waals surface area (Å²) >= 11 is 5.11. The molecule has 0 heterocycles. The van der Waals surface area contributed by atoms with E-state index in [1.165, 1.54) is 0 Å². The van der Waals surface area contributed by atoms with E-state index in [1.807, 2.05) is 67.6 Å². The molecule has 0 atom stereocenters. The predicted octanol–water partition coefficient (Wildman–Crippen LogP) is 3.92. The van der Waals surface area contributed by atoms with E-state index in [-0.39, 0.29) is 30.0 Å². The van der Waals surface area contributed by atoms with Gasteiger partial charge in [0.1, 0.15) is 5.75 Å². The molecular weight excluding hydrogens is 422 g/mol. The maximum atomic E-state index is 12.4. The lowest BCUT2D eigenvalue weighted by molar-refractivity contribution is -0.124. The summed E-state index contributed by atoms with van der Waals surface area (Å²) in [6, 6.07) is 19.6. The Hall–Kier alpha value is -3.45. The number of ether oxygens (including phenoxy) is 1. The van der Waals surface area contributed by atoms with E-state index < -0.39 is 5.91 Å². The summed E-state index contributed by atoms with van der Waals surface area (Å²) in [5.74, 6) is 0.273. The Morgan fingerprint density at radius 2 is 1.72 bits per heavy atom. The molecule has 0 radical (unpaired) electrons. The highest BCUT2D eigenvalue weighted by molar-refractivity contribution is 7.80. The summed E-state index contributed by atoms with van der Waals surface area (Å²) in [5.41, 5.74) is 7.98. The molecule has 0 aliphatic heterocycles. The molecule has 3 aromatic carbocycles. The molecule has 6 nitrogen and oxygen atoms in total. The molecule has 7 heteroatoms. The fourth-order valence-corrected chi connectivity index (χ4v) is 3.54. The SMILES string of the molecule is Cc1ccc(C(C)C)c(OCC(=O)NNC(=S)NC(=O)Cc2cccc3ccccc23)c1. The molecule has 3 rings (SSSR count). The molecule has 3 aromatic rings. The van der Waals surface area contributed by atoms with Crippen molar-refractivity contribution in [3.63, 3.8) is 0 Å². The van der Waals surface area contributed by atoms with Crippen LogP contribution >= 0.6 is 12.2 Å². The fourth-order valence-electron chi connectivity index (χ4n) is 3.37. The summed E-state index contributed by atoms with van der Waals surface area (Å²) in [7, 11) is 0. The van der Waals surface area contributed by atoms with E-state index in [2.05, 4.69) is 30.0 Å². The molecule has 0 aliphatic carbocycles. The Balaban J connectivity index is 1.47. The molecule has 0 bridgehead atoms. The lowest BCUT2D eigenvalue weighted by atomic mass is 10.0. The number of aryl methyl sites for hydroxylation is 1. The number of amides is 2. The van der Waals surface area contributed by atoms with Gasteiger partial charge in [-0.1, -0.05) is 68.4 Å². The number of fused-ring (bicyclic) bond motifs is 1. The first kappa shape index (κ1) is 23.2. The first-order chi connectivity index (χ1) is 15.3. The van der Waals surface area contributed by atoms with Crippen molar-refractivity contribution in [2.45, 2.75) is 33.1 Å². The molecule has 166 valence electrons. The van der Waals surface area contributed by atoms with Gasteiger partial charge in [-0.15, -0.1) is 0 Å². The van der Waals surface area contributed by atoms with Crippen molar-refractivity contribution in [3.8, 4) is 5.75 Å². The minimum absolute atomic E-state index is 0.0158. The van der Waals surface area contributed by atoms with Gasteiger partial charge in [-0.25, -0.2) is 0 Å². The number of hydrogen-bond acceptors (Lipinski definition) is 4. The highest BCUT2D eigenvalue weighted by Gasteiger charge is 2.12. The molecule has 3 N–H and O–H groups in total. The number of thiocarbonyl (C=S) groups is 1. The van der Waals surface area contributed by atoms with Crippen LogP contribution in [0.2, 0.25) is 0 Å². The van der Waals surface area contributed by atoms with Crippen molar-refractivity contribution < 1.29 is 14.3 Å². The third-order valence-electron chi connectivity index (χ3n) is 4.95. The van der Waals surface area contributed by atoms with Gasteiger partial charge in [0.05, 0.1) is 6.42 Å². The van der Waals surface area contributed by atoms with Crippen LogP contribution in [0.3, 0.4) is 0 Å². The van der Waals surface area contributed by atoms with Crippen LogP contribution in [-0.4, -0.2) is 23.5 Å². The van der Waals surface area contributed by atoms with E-state index in [9.17, 15) is 9.59 Å². The Morgan fingerprint density at radius 1 is 0.969 bits per heavy atom. The lowest BCUT2D eigenvalue weighted by Crippen LogP contribution is -2.50. The second-order valence-electron chi connectivity index (χ2n) is 7.85. The molecule has 0 unspecified atom stereocenters. The maximum Gasteiger partial charge on any atom is 0.276 e. The standard InChI is InChI=1S/C25H27N3O3S/c1-16(2)20-12-11-17(3)13-22(20)31-15-24(30)27-28-25(32)26-23(29)14-19-9-6-8-18-7-4-5-10-21(18)19/h4-13,16H,14-15H2,1-3H3,(H,27,30)(H2,26,28,29,32). The van der Waals surface area contributed by atoms with E-state index in [1.54, 1.807) is 0 Å². The van der Waals surface area contributed by atoms with Crippen molar-refractivity contribution in [1.82, 2.24) is 16.2 Å². The third-order valence-corrected chi connectivity index (χ3v) is 5.15. The van der Waals surface area contributed by atoms with Crippen LogP contribution in [0, 0.1) is 6.92 Å². The van der Waals surface area contributed by atoms with E-state index in [4.69, 9.17) is 17.0 Å². The zero-order valence-electron chi connectivity index (χ0n) is 18.4. The normalized spacial score (nSPS) is 10.6. The number of carbonyl (C=O) groups is 2. The van der Waals surface area contributed by atoms with Crippen LogP contribution < -0.4 is 20.9 Å². The lowest BCUT2D eigenvalue weighted by Gasteiger charge is -2.15. The van der Waals surface area contributed by atoms with Gasteiger partial charge in [0.15, 0.2) is 11.7 Å². The molecule has 0 spiro atoms. The summed E-state index contributed by atoms with van der Waals surface area (Å²) in [4.78, 5) is 24.5. The van der Waals surface area contributed by atoms with E-state index in [0.29, 0.717) is 5.75 Å². The minimum atomic E-state index is -0.410. The van der Waals surface area contributed by atoms with Gasteiger partial charge in [0.25, 0.3) is 5.91 Å². The van der Waals surface area contributed by atoms with E-state index >= 15 is 0 Å². The van der Waals surface area contributed by atoms with Crippen molar-refractivity contribution in [3.05, 3.63) is 77.4 Å². The fraction of sp³-hybridized carbons (Fsp3) is 0.240. The quantitative estimate of drug-likeness (QED) is 0.393. The van der Waals surface area contributed by atoms with Crippen molar-refractivity contribution in [1.29, 1.82) is 0 Å². The maximum absolute atomic E-state index is 12.4.